The van der Waals surface area contributed by atoms with E-state index >= 15 is 0 Å². The first kappa shape index (κ1) is 9.51. The van der Waals surface area contributed by atoms with E-state index in [2.05, 4.69) is 42.5 Å². The molecule has 0 atom stereocenters. The van der Waals surface area contributed by atoms with Gasteiger partial charge in [-0.05, 0) is 6.42 Å². The Balaban J connectivity index is 0.000000750. The van der Waals surface area contributed by atoms with E-state index in [1.165, 1.54) is 22.3 Å². The van der Waals surface area contributed by atoms with Crippen LogP contribution in [0.2, 0.25) is 0 Å². The maximum Gasteiger partial charge on any atom is 0 e. The van der Waals surface area contributed by atoms with Gasteiger partial charge in [-0.15, -0.1) is 5.56 Å². The van der Waals surface area contributed by atoms with Gasteiger partial charge in [0.2, 0.25) is 0 Å². The number of hydrogen-bond donors (Lipinski definition) is 0. The van der Waals surface area contributed by atoms with Crippen LogP contribution in [0.4, 0.5) is 0 Å². The van der Waals surface area contributed by atoms with Gasteiger partial charge in [0.25, 0.3) is 0 Å². The average Bonchev–Trinajstić information content (AvgIpc) is 2.56. The monoisotopic (exact) mass is 220 g/mol. The fourth-order valence-electron chi connectivity index (χ4n) is 2.00. The van der Waals surface area contributed by atoms with E-state index in [1.54, 1.807) is 0 Å². The van der Waals surface area contributed by atoms with Crippen LogP contribution in [0, 0.1) is 6.07 Å². The molecule has 0 spiro atoms. The Hall–Kier alpha value is -1.04. The summed E-state index contributed by atoms with van der Waals surface area (Å²) in [5.41, 5.74) is 5.51. The van der Waals surface area contributed by atoms with E-state index in [0.717, 1.165) is 6.42 Å². The quantitative estimate of drug-likeness (QED) is 0.403. The van der Waals surface area contributed by atoms with E-state index in [9.17, 15) is 0 Å². The summed E-state index contributed by atoms with van der Waals surface area (Å²) in [6.45, 7) is 0. The summed E-state index contributed by atoms with van der Waals surface area (Å²) in [6, 6.07) is 18.1. The van der Waals surface area contributed by atoms with E-state index in [0.29, 0.717) is 0 Å². The predicted molar refractivity (Wildman–Crippen MR) is 53.5 cm³/mol. The average molecular weight is 220 g/mol. The van der Waals surface area contributed by atoms with Gasteiger partial charge < -0.3 is 0 Å². The van der Waals surface area contributed by atoms with E-state index < -0.39 is 0 Å². The number of fused-ring (bicyclic) bond motifs is 3. The van der Waals surface area contributed by atoms with Crippen LogP contribution in [0.25, 0.3) is 11.1 Å². The van der Waals surface area contributed by atoms with Crippen molar-refractivity contribution in [3.63, 3.8) is 0 Å². The van der Waals surface area contributed by atoms with Crippen molar-refractivity contribution < 1.29 is 17.1 Å². The van der Waals surface area contributed by atoms with Crippen LogP contribution in [0.1, 0.15) is 11.1 Å². The summed E-state index contributed by atoms with van der Waals surface area (Å²) in [6.07, 6.45) is 1.05. The Labute approximate surface area is 94.4 Å². The van der Waals surface area contributed by atoms with Crippen LogP contribution in [-0.4, -0.2) is 0 Å². The van der Waals surface area contributed by atoms with Crippen LogP contribution < -0.4 is 0 Å². The van der Waals surface area contributed by atoms with Gasteiger partial charge in [0, 0.05) is 17.1 Å². The maximum absolute atomic E-state index is 3.30. The van der Waals surface area contributed by atoms with E-state index in [1.807, 2.05) is 6.07 Å². The third kappa shape index (κ3) is 1.30. The van der Waals surface area contributed by atoms with Crippen molar-refractivity contribution >= 4 is 0 Å². The third-order valence-electron chi connectivity index (χ3n) is 2.62. The topological polar surface area (TPSA) is 0 Å². The predicted octanol–water partition coefficient (Wildman–Crippen LogP) is 3.06. The SMILES string of the molecule is [Mn].[c-]1cccc2c1Cc1ccccc1-2. The van der Waals surface area contributed by atoms with Crippen molar-refractivity contribution in [2.45, 2.75) is 6.42 Å². The van der Waals surface area contributed by atoms with E-state index in [4.69, 9.17) is 0 Å². The molecule has 1 heteroatoms. The molecular formula is C13H9Mn-. The first-order valence-electron chi connectivity index (χ1n) is 4.53. The molecule has 3 rings (SSSR count). The molecule has 0 fully saturated rings. The molecule has 1 aliphatic rings. The summed E-state index contributed by atoms with van der Waals surface area (Å²) in [5, 5.41) is 0. The summed E-state index contributed by atoms with van der Waals surface area (Å²) >= 11 is 0. The van der Waals surface area contributed by atoms with Crippen molar-refractivity contribution in [2.75, 3.05) is 0 Å². The molecule has 0 amide bonds. The minimum atomic E-state index is 0. The molecule has 14 heavy (non-hydrogen) atoms. The summed E-state index contributed by atoms with van der Waals surface area (Å²) in [5.74, 6) is 0. The van der Waals surface area contributed by atoms with Gasteiger partial charge in [0.05, 0.1) is 0 Å². The largest absolute Gasteiger partial charge is 0.179 e. The fourth-order valence-corrected chi connectivity index (χ4v) is 2.00. The Morgan fingerprint density at radius 2 is 1.71 bits per heavy atom. The minimum Gasteiger partial charge on any atom is -0.179 e. The Bertz CT molecular complexity index is 417. The molecule has 2 aromatic rings. The van der Waals surface area contributed by atoms with Crippen molar-refractivity contribution in [3.8, 4) is 11.1 Å². The molecule has 0 aromatic heterocycles. The van der Waals surface area contributed by atoms with Gasteiger partial charge >= 0.3 is 0 Å². The number of rotatable bonds is 0. The molecule has 0 bridgehead atoms. The normalized spacial score (nSPS) is 11.4. The Kier molecular flexibility index (Phi) is 2.45. The molecule has 0 heterocycles. The Morgan fingerprint density at radius 1 is 0.929 bits per heavy atom. The zero-order valence-corrected chi connectivity index (χ0v) is 8.81. The molecule has 0 aliphatic heterocycles. The summed E-state index contributed by atoms with van der Waals surface area (Å²) in [4.78, 5) is 0. The molecule has 0 saturated carbocycles. The van der Waals surface area contributed by atoms with Crippen molar-refractivity contribution in [1.82, 2.24) is 0 Å². The van der Waals surface area contributed by atoms with Gasteiger partial charge in [0.15, 0.2) is 0 Å². The molecule has 0 unspecified atom stereocenters. The number of hydrogen-bond acceptors (Lipinski definition) is 0. The standard InChI is InChI=1S/C13H9.Mn/c1-3-7-12-10(5-1)9-11-6-2-4-8-13(11)12;/h1-5,7-8H,9H2;/q-1;. The van der Waals surface area contributed by atoms with Gasteiger partial charge in [-0.3, -0.25) is 0 Å². The molecule has 1 radical (unpaired) electrons. The second-order valence-corrected chi connectivity index (χ2v) is 3.40. The third-order valence-corrected chi connectivity index (χ3v) is 2.62. The molecular weight excluding hydrogens is 211 g/mol. The van der Waals surface area contributed by atoms with Crippen LogP contribution in [-0.2, 0) is 23.5 Å². The first-order chi connectivity index (χ1) is 6.45. The van der Waals surface area contributed by atoms with Gasteiger partial charge in [-0.2, -0.15) is 29.8 Å². The zero-order chi connectivity index (χ0) is 8.67. The zero-order valence-electron chi connectivity index (χ0n) is 7.63. The second-order valence-electron chi connectivity index (χ2n) is 3.40. The maximum atomic E-state index is 3.30. The van der Waals surface area contributed by atoms with Gasteiger partial charge in [-0.25, -0.2) is 0 Å². The van der Waals surface area contributed by atoms with E-state index in [-0.39, 0.29) is 17.1 Å². The second kappa shape index (κ2) is 3.61. The molecule has 0 saturated heterocycles. The molecule has 1 aliphatic carbocycles. The van der Waals surface area contributed by atoms with Crippen molar-refractivity contribution in [2.24, 2.45) is 0 Å². The first-order valence-corrected chi connectivity index (χ1v) is 4.53. The van der Waals surface area contributed by atoms with Crippen LogP contribution in [0.5, 0.6) is 0 Å². The molecule has 0 nitrogen and oxygen atoms in total. The summed E-state index contributed by atoms with van der Waals surface area (Å²) < 4.78 is 0. The van der Waals surface area contributed by atoms with Gasteiger partial charge in [-0.1, -0.05) is 35.4 Å². The number of benzene rings is 2. The summed E-state index contributed by atoms with van der Waals surface area (Å²) in [7, 11) is 0. The molecule has 69 valence electrons. The van der Waals surface area contributed by atoms with Crippen LogP contribution in [0.15, 0.2) is 42.5 Å². The molecule has 2 aromatic carbocycles. The Morgan fingerprint density at radius 3 is 2.64 bits per heavy atom. The van der Waals surface area contributed by atoms with Crippen LogP contribution >= 0.6 is 0 Å². The molecule has 0 N–H and O–H groups in total. The minimum absolute atomic E-state index is 0. The smallest absolute Gasteiger partial charge is 0 e. The van der Waals surface area contributed by atoms with Crippen molar-refractivity contribution in [1.29, 1.82) is 0 Å². The van der Waals surface area contributed by atoms with Crippen molar-refractivity contribution in [3.05, 3.63) is 59.7 Å². The fraction of sp³-hybridized carbons (Fsp3) is 0.0769. The van der Waals surface area contributed by atoms with Crippen LogP contribution in [0.3, 0.4) is 0 Å². The van der Waals surface area contributed by atoms with Gasteiger partial charge in [0.1, 0.15) is 0 Å².